The molecule has 1 rings (SSSR count). The van der Waals surface area contributed by atoms with Gasteiger partial charge in [0.25, 0.3) is 0 Å². The lowest BCUT2D eigenvalue weighted by Crippen LogP contribution is -2.39. The summed E-state index contributed by atoms with van der Waals surface area (Å²) >= 11 is 0. The van der Waals surface area contributed by atoms with E-state index in [1.807, 2.05) is 30.1 Å². The number of aliphatic hydroxyl groups is 1. The first kappa shape index (κ1) is 11.2. The van der Waals surface area contributed by atoms with Crippen LogP contribution < -0.4 is 11.5 Å². The van der Waals surface area contributed by atoms with Crippen LogP contribution in [-0.4, -0.2) is 35.4 Å². The van der Waals surface area contributed by atoms with Crippen LogP contribution in [0.4, 0.5) is 0 Å². The van der Waals surface area contributed by atoms with Crippen LogP contribution in [0.25, 0.3) is 0 Å². The van der Waals surface area contributed by atoms with Gasteiger partial charge in [-0.05, 0) is 19.4 Å². The molecule has 0 aliphatic carbocycles. The first-order chi connectivity index (χ1) is 6.59. The molecule has 0 spiro atoms. The Kier molecular flexibility index (Phi) is 4.13. The zero-order chi connectivity index (χ0) is 10.6. The Morgan fingerprint density at radius 2 is 2.36 bits per heavy atom. The average molecular weight is 197 g/mol. The Morgan fingerprint density at radius 1 is 1.64 bits per heavy atom. The molecule has 2 atom stereocenters. The number of nitrogens with zero attached hydrogens (tertiary/aromatic N) is 1. The van der Waals surface area contributed by atoms with Gasteiger partial charge < -0.3 is 16.6 Å². The van der Waals surface area contributed by atoms with Gasteiger partial charge in [0.15, 0.2) is 0 Å². The average Bonchev–Trinajstić information content (AvgIpc) is 2.51. The Hall–Kier alpha value is -0.840. The van der Waals surface area contributed by atoms with Crippen LogP contribution in [0.15, 0.2) is 23.9 Å². The number of aliphatic hydroxyl groups excluding tert-OH is 1. The van der Waals surface area contributed by atoms with Crippen molar-refractivity contribution in [1.29, 1.82) is 0 Å². The number of nitrogens with two attached hydrogens (primary N) is 2. The predicted octanol–water partition coefficient (Wildman–Crippen LogP) is -0.243. The third-order valence-electron chi connectivity index (χ3n) is 2.28. The molecule has 1 heterocycles. The standard InChI is InChI=1S/C10H19N3O/c1-8(11)3-2-4-10(12)13-6-5-9(14)7-13/h2-4,9-10,14H,5-7,11-12H2,1H3/b4-2?,8-3-. The van der Waals surface area contributed by atoms with E-state index in [9.17, 15) is 5.11 Å². The molecule has 0 amide bonds. The zero-order valence-corrected chi connectivity index (χ0v) is 8.56. The van der Waals surface area contributed by atoms with Crippen LogP contribution in [0, 0.1) is 0 Å². The zero-order valence-electron chi connectivity index (χ0n) is 8.56. The van der Waals surface area contributed by atoms with Crippen molar-refractivity contribution in [3.05, 3.63) is 23.9 Å². The SMILES string of the molecule is C/C(N)=C/C=CC(N)N1CCC(O)C1. The van der Waals surface area contributed by atoms with Crippen molar-refractivity contribution >= 4 is 0 Å². The van der Waals surface area contributed by atoms with Gasteiger partial charge in [-0.2, -0.15) is 0 Å². The highest BCUT2D eigenvalue weighted by molar-refractivity contribution is 5.09. The summed E-state index contributed by atoms with van der Waals surface area (Å²) in [6.07, 6.45) is 6.02. The number of likely N-dealkylation sites (tertiary alicyclic amines) is 1. The van der Waals surface area contributed by atoms with Crippen LogP contribution in [-0.2, 0) is 0 Å². The molecule has 1 aliphatic rings. The lowest BCUT2D eigenvalue weighted by atomic mass is 10.3. The van der Waals surface area contributed by atoms with Gasteiger partial charge in [0.05, 0.1) is 12.3 Å². The van der Waals surface area contributed by atoms with Crippen LogP contribution in [0.2, 0.25) is 0 Å². The molecule has 0 saturated carbocycles. The number of hydrogen-bond donors (Lipinski definition) is 3. The van der Waals surface area contributed by atoms with E-state index in [2.05, 4.69) is 0 Å². The first-order valence-electron chi connectivity index (χ1n) is 4.88. The first-order valence-corrected chi connectivity index (χ1v) is 4.88. The highest BCUT2D eigenvalue weighted by Gasteiger charge is 2.22. The molecule has 1 fully saturated rings. The van der Waals surface area contributed by atoms with Crippen LogP contribution in [0.1, 0.15) is 13.3 Å². The maximum absolute atomic E-state index is 9.31. The number of hydrogen-bond acceptors (Lipinski definition) is 4. The van der Waals surface area contributed by atoms with Crippen molar-refractivity contribution < 1.29 is 5.11 Å². The summed E-state index contributed by atoms with van der Waals surface area (Å²) in [6.45, 7) is 3.35. The molecule has 4 heteroatoms. The monoisotopic (exact) mass is 197 g/mol. The third-order valence-corrected chi connectivity index (χ3v) is 2.28. The van der Waals surface area contributed by atoms with E-state index in [0.29, 0.717) is 6.54 Å². The van der Waals surface area contributed by atoms with Crippen LogP contribution in [0.5, 0.6) is 0 Å². The maximum Gasteiger partial charge on any atom is 0.0768 e. The second kappa shape index (κ2) is 5.14. The van der Waals surface area contributed by atoms with Gasteiger partial charge >= 0.3 is 0 Å². The lowest BCUT2D eigenvalue weighted by molar-refractivity contribution is 0.169. The Bertz CT molecular complexity index is 234. The second-order valence-electron chi connectivity index (χ2n) is 3.72. The molecule has 14 heavy (non-hydrogen) atoms. The van der Waals surface area contributed by atoms with Crippen LogP contribution >= 0.6 is 0 Å². The topological polar surface area (TPSA) is 75.5 Å². The Morgan fingerprint density at radius 3 is 2.86 bits per heavy atom. The summed E-state index contributed by atoms with van der Waals surface area (Å²) in [4.78, 5) is 2.04. The minimum absolute atomic E-state index is 0.122. The summed E-state index contributed by atoms with van der Waals surface area (Å²) < 4.78 is 0. The molecule has 1 saturated heterocycles. The van der Waals surface area contributed by atoms with Crippen molar-refractivity contribution in [1.82, 2.24) is 4.90 Å². The van der Waals surface area contributed by atoms with Gasteiger partial charge in [0, 0.05) is 18.8 Å². The van der Waals surface area contributed by atoms with E-state index < -0.39 is 0 Å². The number of allylic oxidation sites excluding steroid dienone is 3. The lowest BCUT2D eigenvalue weighted by Gasteiger charge is -2.20. The minimum Gasteiger partial charge on any atom is -0.402 e. The van der Waals surface area contributed by atoms with Gasteiger partial charge in [-0.15, -0.1) is 0 Å². The molecule has 0 bridgehead atoms. The molecule has 4 nitrogen and oxygen atoms in total. The highest BCUT2D eigenvalue weighted by Crippen LogP contribution is 2.10. The summed E-state index contributed by atoms with van der Waals surface area (Å²) in [6, 6.07) is 0. The maximum atomic E-state index is 9.31. The minimum atomic E-state index is -0.221. The van der Waals surface area contributed by atoms with E-state index in [0.717, 1.165) is 18.7 Å². The van der Waals surface area contributed by atoms with Gasteiger partial charge in [-0.1, -0.05) is 12.2 Å². The summed E-state index contributed by atoms with van der Waals surface area (Å²) in [7, 11) is 0. The number of rotatable bonds is 3. The van der Waals surface area contributed by atoms with Crippen molar-refractivity contribution in [2.75, 3.05) is 13.1 Å². The molecule has 80 valence electrons. The van der Waals surface area contributed by atoms with E-state index in [1.165, 1.54) is 0 Å². The third kappa shape index (κ3) is 3.49. The fourth-order valence-corrected chi connectivity index (χ4v) is 1.48. The molecule has 5 N–H and O–H groups in total. The fraction of sp³-hybridized carbons (Fsp3) is 0.600. The fourth-order valence-electron chi connectivity index (χ4n) is 1.48. The van der Waals surface area contributed by atoms with Gasteiger partial charge in [-0.25, -0.2) is 0 Å². The highest BCUT2D eigenvalue weighted by atomic mass is 16.3. The van der Waals surface area contributed by atoms with Crippen molar-refractivity contribution in [2.45, 2.75) is 25.6 Å². The van der Waals surface area contributed by atoms with E-state index >= 15 is 0 Å². The predicted molar refractivity (Wildman–Crippen MR) is 57.3 cm³/mol. The van der Waals surface area contributed by atoms with Crippen molar-refractivity contribution in [3.8, 4) is 0 Å². The molecule has 1 aliphatic heterocycles. The van der Waals surface area contributed by atoms with Crippen molar-refractivity contribution in [3.63, 3.8) is 0 Å². The van der Waals surface area contributed by atoms with E-state index in [1.54, 1.807) is 0 Å². The molecule has 2 unspecified atom stereocenters. The second-order valence-corrected chi connectivity index (χ2v) is 3.72. The Labute approximate surface area is 84.9 Å². The smallest absolute Gasteiger partial charge is 0.0768 e. The van der Waals surface area contributed by atoms with Crippen molar-refractivity contribution in [2.24, 2.45) is 11.5 Å². The van der Waals surface area contributed by atoms with Gasteiger partial charge in [0.1, 0.15) is 0 Å². The Balaban J connectivity index is 2.38. The van der Waals surface area contributed by atoms with E-state index in [-0.39, 0.29) is 12.3 Å². The van der Waals surface area contributed by atoms with E-state index in [4.69, 9.17) is 11.5 Å². The summed E-state index contributed by atoms with van der Waals surface area (Å²) in [5.74, 6) is 0. The molecule has 0 radical (unpaired) electrons. The quantitative estimate of drug-likeness (QED) is 0.546. The largest absolute Gasteiger partial charge is 0.402 e. The molecular weight excluding hydrogens is 178 g/mol. The van der Waals surface area contributed by atoms with Gasteiger partial charge in [-0.3, -0.25) is 4.90 Å². The molecular formula is C10H19N3O. The molecule has 0 aromatic rings. The normalized spacial score (nSPS) is 27.4. The summed E-state index contributed by atoms with van der Waals surface area (Å²) in [5.41, 5.74) is 12.1. The number of β-amino-alcohol motifs (C(OH)–C–C–N with tert-alkyl or cyclic N) is 1. The molecule has 0 aromatic heterocycles. The summed E-state index contributed by atoms with van der Waals surface area (Å²) in [5, 5.41) is 9.31. The molecule has 0 aromatic carbocycles. The van der Waals surface area contributed by atoms with Crippen LogP contribution in [0.3, 0.4) is 0 Å². The van der Waals surface area contributed by atoms with Gasteiger partial charge in [0.2, 0.25) is 0 Å².